The maximum absolute atomic E-state index is 12.1. The van der Waals surface area contributed by atoms with Gasteiger partial charge in [0.2, 0.25) is 0 Å². The van der Waals surface area contributed by atoms with Gasteiger partial charge in [-0.05, 0) is 25.2 Å². The lowest BCUT2D eigenvalue weighted by Crippen LogP contribution is -2.49. The highest BCUT2D eigenvalue weighted by molar-refractivity contribution is 5.86. The second-order valence-electron chi connectivity index (χ2n) is 5.51. The molecule has 2 unspecified atom stereocenters. The van der Waals surface area contributed by atoms with Gasteiger partial charge in [0, 0.05) is 13.1 Å². The molecule has 0 aromatic rings. The van der Waals surface area contributed by atoms with Crippen LogP contribution < -0.4 is 5.32 Å². The number of nitrogens with one attached hydrogen (secondary N) is 1. The normalized spacial score (nSPS) is 20.4. The summed E-state index contributed by atoms with van der Waals surface area (Å²) in [6.45, 7) is 3.32. The summed E-state index contributed by atoms with van der Waals surface area (Å²) in [5.74, 6) is -1.96. The van der Waals surface area contributed by atoms with Gasteiger partial charge >= 0.3 is 18.0 Å². The van der Waals surface area contributed by atoms with Crippen molar-refractivity contribution in [2.75, 3.05) is 13.1 Å². The smallest absolute Gasteiger partial charge is 0.326 e. The van der Waals surface area contributed by atoms with E-state index >= 15 is 0 Å². The first-order valence-electron chi connectivity index (χ1n) is 7.44. The molecule has 1 rings (SSSR count). The van der Waals surface area contributed by atoms with Crippen LogP contribution >= 0.6 is 0 Å². The minimum atomic E-state index is -1.38. The molecule has 0 radical (unpaired) electrons. The van der Waals surface area contributed by atoms with Crippen LogP contribution in [0.1, 0.15) is 45.4 Å². The molecule has 0 aromatic carbocycles. The highest BCUT2D eigenvalue weighted by Gasteiger charge is 2.26. The van der Waals surface area contributed by atoms with Crippen LogP contribution in [0.3, 0.4) is 0 Å². The maximum atomic E-state index is 12.1. The third-order valence-corrected chi connectivity index (χ3v) is 3.81. The van der Waals surface area contributed by atoms with E-state index in [1.54, 1.807) is 4.90 Å². The van der Waals surface area contributed by atoms with Gasteiger partial charge in [0.1, 0.15) is 6.04 Å². The molecule has 21 heavy (non-hydrogen) atoms. The summed E-state index contributed by atoms with van der Waals surface area (Å²) in [5, 5.41) is 19.9. The van der Waals surface area contributed by atoms with Gasteiger partial charge in [-0.2, -0.15) is 0 Å². The SMILES string of the molecule is CCCC1CCCN(C(=O)NC(CC(=O)O)C(=O)O)CC1. The van der Waals surface area contributed by atoms with E-state index in [0.717, 1.165) is 32.1 Å². The third-order valence-electron chi connectivity index (χ3n) is 3.81. The lowest BCUT2D eigenvalue weighted by Gasteiger charge is -2.23. The van der Waals surface area contributed by atoms with E-state index in [1.807, 2.05) is 0 Å². The summed E-state index contributed by atoms with van der Waals surface area (Å²) in [4.78, 5) is 35.2. The first-order valence-corrected chi connectivity index (χ1v) is 7.44. The van der Waals surface area contributed by atoms with E-state index in [0.29, 0.717) is 19.0 Å². The van der Waals surface area contributed by atoms with E-state index in [1.165, 1.54) is 0 Å². The molecule has 3 N–H and O–H groups in total. The van der Waals surface area contributed by atoms with Crippen molar-refractivity contribution in [3.05, 3.63) is 0 Å². The summed E-state index contributed by atoms with van der Waals surface area (Å²) >= 11 is 0. The van der Waals surface area contributed by atoms with Gasteiger partial charge in [-0.25, -0.2) is 9.59 Å². The zero-order valence-electron chi connectivity index (χ0n) is 12.4. The fourth-order valence-corrected chi connectivity index (χ4v) is 2.68. The largest absolute Gasteiger partial charge is 0.481 e. The van der Waals surface area contributed by atoms with Gasteiger partial charge in [-0.3, -0.25) is 4.79 Å². The van der Waals surface area contributed by atoms with Crippen LogP contribution in [0.4, 0.5) is 4.79 Å². The van der Waals surface area contributed by atoms with E-state index in [-0.39, 0.29) is 0 Å². The number of hydrogen-bond donors (Lipinski definition) is 3. The van der Waals surface area contributed by atoms with Gasteiger partial charge in [0.05, 0.1) is 6.42 Å². The maximum Gasteiger partial charge on any atom is 0.326 e. The zero-order valence-corrected chi connectivity index (χ0v) is 12.4. The van der Waals surface area contributed by atoms with Gasteiger partial charge in [0.25, 0.3) is 0 Å². The van der Waals surface area contributed by atoms with E-state index in [2.05, 4.69) is 12.2 Å². The summed E-state index contributed by atoms with van der Waals surface area (Å²) < 4.78 is 0. The van der Waals surface area contributed by atoms with Gasteiger partial charge < -0.3 is 20.4 Å². The Kier molecular flexibility index (Phi) is 6.98. The number of urea groups is 1. The fourth-order valence-electron chi connectivity index (χ4n) is 2.68. The van der Waals surface area contributed by atoms with Crippen LogP contribution in [0.25, 0.3) is 0 Å². The Balaban J connectivity index is 2.53. The monoisotopic (exact) mass is 300 g/mol. The van der Waals surface area contributed by atoms with E-state index < -0.39 is 30.4 Å². The molecule has 1 aliphatic rings. The van der Waals surface area contributed by atoms with Crippen molar-refractivity contribution in [3.8, 4) is 0 Å². The number of carbonyl (C=O) groups excluding carboxylic acids is 1. The third kappa shape index (κ3) is 6.01. The highest BCUT2D eigenvalue weighted by Crippen LogP contribution is 2.21. The van der Waals surface area contributed by atoms with Crippen molar-refractivity contribution >= 4 is 18.0 Å². The lowest BCUT2D eigenvalue weighted by molar-refractivity contribution is -0.145. The summed E-state index contributed by atoms with van der Waals surface area (Å²) in [6.07, 6.45) is 4.54. The Labute approximate surface area is 124 Å². The molecular weight excluding hydrogens is 276 g/mol. The Hall–Kier alpha value is -1.79. The van der Waals surface area contributed by atoms with E-state index in [9.17, 15) is 14.4 Å². The van der Waals surface area contributed by atoms with Crippen molar-refractivity contribution in [1.82, 2.24) is 10.2 Å². The molecule has 0 spiro atoms. The average Bonchev–Trinajstić information content (AvgIpc) is 2.63. The molecule has 2 atom stereocenters. The van der Waals surface area contributed by atoms with Crippen LogP contribution in [0.2, 0.25) is 0 Å². The number of carbonyl (C=O) groups is 3. The van der Waals surface area contributed by atoms with Crippen molar-refractivity contribution < 1.29 is 24.6 Å². The Bertz CT molecular complexity index is 386. The number of likely N-dealkylation sites (tertiary alicyclic amines) is 1. The van der Waals surface area contributed by atoms with Gasteiger partial charge in [-0.15, -0.1) is 0 Å². The van der Waals surface area contributed by atoms with Crippen molar-refractivity contribution in [3.63, 3.8) is 0 Å². The number of aliphatic carboxylic acids is 2. The van der Waals surface area contributed by atoms with E-state index in [4.69, 9.17) is 10.2 Å². The van der Waals surface area contributed by atoms with Crippen molar-refractivity contribution in [2.45, 2.75) is 51.5 Å². The van der Waals surface area contributed by atoms with Gasteiger partial charge in [0.15, 0.2) is 0 Å². The van der Waals surface area contributed by atoms with Crippen molar-refractivity contribution in [1.29, 1.82) is 0 Å². The molecule has 1 heterocycles. The standard InChI is InChI=1S/C14H24N2O5/c1-2-4-10-5-3-7-16(8-6-10)14(21)15-11(13(19)20)9-12(17)18/h10-11H,2-9H2,1H3,(H,15,21)(H,17,18)(H,19,20). The van der Waals surface area contributed by atoms with Crippen LogP contribution in [0.15, 0.2) is 0 Å². The molecule has 2 amide bonds. The number of hydrogen-bond acceptors (Lipinski definition) is 3. The summed E-state index contributed by atoms with van der Waals surface area (Å²) in [6, 6.07) is -1.87. The first kappa shape index (κ1) is 17.3. The highest BCUT2D eigenvalue weighted by atomic mass is 16.4. The molecule has 120 valence electrons. The lowest BCUT2D eigenvalue weighted by atomic mass is 9.96. The van der Waals surface area contributed by atoms with Crippen LogP contribution in [0.5, 0.6) is 0 Å². The zero-order chi connectivity index (χ0) is 15.8. The molecule has 1 aliphatic heterocycles. The molecule has 0 bridgehead atoms. The number of carboxylic acid groups (broad SMARTS) is 2. The molecule has 1 fully saturated rings. The van der Waals surface area contributed by atoms with Crippen LogP contribution in [0, 0.1) is 5.92 Å². The molecular formula is C14H24N2O5. The van der Waals surface area contributed by atoms with Gasteiger partial charge in [-0.1, -0.05) is 19.8 Å². The number of nitrogens with zero attached hydrogens (tertiary/aromatic N) is 1. The second kappa shape index (κ2) is 8.49. The Morgan fingerprint density at radius 2 is 1.95 bits per heavy atom. The van der Waals surface area contributed by atoms with Crippen LogP contribution in [-0.2, 0) is 9.59 Å². The first-order chi connectivity index (χ1) is 9.93. The fraction of sp³-hybridized carbons (Fsp3) is 0.786. The van der Waals surface area contributed by atoms with Crippen molar-refractivity contribution in [2.24, 2.45) is 5.92 Å². The second-order valence-corrected chi connectivity index (χ2v) is 5.51. The number of carboxylic acids is 2. The number of rotatable bonds is 6. The Morgan fingerprint density at radius 1 is 1.24 bits per heavy atom. The van der Waals surface area contributed by atoms with Crippen LogP contribution in [-0.4, -0.2) is 52.2 Å². The quantitative estimate of drug-likeness (QED) is 0.689. The Morgan fingerprint density at radius 3 is 2.52 bits per heavy atom. The topological polar surface area (TPSA) is 107 Å². The summed E-state index contributed by atoms with van der Waals surface area (Å²) in [7, 11) is 0. The molecule has 0 aliphatic carbocycles. The molecule has 7 nitrogen and oxygen atoms in total. The predicted octanol–water partition coefficient (Wildman–Crippen LogP) is 1.53. The number of amides is 2. The molecule has 1 saturated heterocycles. The minimum absolute atomic E-state index is 0.485. The average molecular weight is 300 g/mol. The molecule has 0 saturated carbocycles. The molecule has 7 heteroatoms. The predicted molar refractivity (Wildman–Crippen MR) is 76.0 cm³/mol. The minimum Gasteiger partial charge on any atom is -0.481 e. The summed E-state index contributed by atoms with van der Waals surface area (Å²) in [5.41, 5.74) is 0. The molecule has 0 aromatic heterocycles.